The van der Waals surface area contributed by atoms with Crippen LogP contribution in [0.15, 0.2) is 30.5 Å². The van der Waals surface area contributed by atoms with Gasteiger partial charge in [-0.3, -0.25) is 4.79 Å². The average molecular weight is 518 g/mol. The first-order chi connectivity index (χ1) is 17.3. The molecule has 11 nitrogen and oxygen atoms in total. The fourth-order valence-electron chi connectivity index (χ4n) is 3.25. The lowest BCUT2D eigenvalue weighted by Crippen LogP contribution is -2.16. The molecule has 2 aromatic heterocycles. The van der Waals surface area contributed by atoms with Crippen LogP contribution in [0, 0.1) is 6.92 Å². The second kappa shape index (κ2) is 12.1. The molecule has 12 heteroatoms. The number of ether oxygens (including phenoxy) is 5. The number of nitrogens with zero attached hydrogens (tertiary/aromatic N) is 2. The first-order valence-corrected chi connectivity index (χ1v) is 11.8. The second-order valence-corrected chi connectivity index (χ2v) is 8.18. The van der Waals surface area contributed by atoms with Gasteiger partial charge in [-0.05, 0) is 44.5 Å². The number of esters is 2. The lowest BCUT2D eigenvalue weighted by atomic mass is 10.1. The van der Waals surface area contributed by atoms with E-state index in [9.17, 15) is 14.4 Å². The van der Waals surface area contributed by atoms with Crippen LogP contribution in [-0.4, -0.2) is 55.1 Å². The van der Waals surface area contributed by atoms with Crippen molar-refractivity contribution in [3.63, 3.8) is 0 Å². The zero-order chi connectivity index (χ0) is 26.2. The molecule has 0 spiro atoms. The molecule has 1 aromatic carbocycles. The molecule has 0 unspecified atom stereocenters. The Bertz CT molecular complexity index is 1230. The van der Waals surface area contributed by atoms with Gasteiger partial charge >= 0.3 is 11.9 Å². The fraction of sp³-hybridized carbons (Fsp3) is 0.333. The third-order valence-corrected chi connectivity index (χ3v) is 6.10. The van der Waals surface area contributed by atoms with Crippen LogP contribution in [-0.2, 0) is 16.2 Å². The Hall–Kier alpha value is -4.06. The number of para-hydroxylation sites is 1. The molecule has 0 radical (unpaired) electrons. The molecule has 0 aliphatic rings. The molecule has 3 aromatic rings. The van der Waals surface area contributed by atoms with E-state index in [1.165, 1.54) is 25.0 Å². The van der Waals surface area contributed by atoms with Crippen LogP contribution in [0.4, 0.5) is 5.00 Å². The van der Waals surface area contributed by atoms with Gasteiger partial charge in [-0.1, -0.05) is 6.07 Å². The maximum absolute atomic E-state index is 12.9. The number of nitrogens with one attached hydrogen (secondary N) is 1. The largest absolute Gasteiger partial charge is 0.493 e. The summed E-state index contributed by atoms with van der Waals surface area (Å²) in [6.45, 7) is 5.23. The van der Waals surface area contributed by atoms with Gasteiger partial charge in [0.15, 0.2) is 23.9 Å². The van der Waals surface area contributed by atoms with Crippen molar-refractivity contribution in [1.82, 2.24) is 9.78 Å². The van der Waals surface area contributed by atoms with E-state index in [2.05, 4.69) is 10.4 Å². The van der Waals surface area contributed by atoms with Crippen molar-refractivity contribution in [2.24, 2.45) is 0 Å². The van der Waals surface area contributed by atoms with Gasteiger partial charge in [0.1, 0.15) is 9.88 Å². The fourth-order valence-corrected chi connectivity index (χ4v) is 4.34. The van der Waals surface area contributed by atoms with Crippen LogP contribution in [0.3, 0.4) is 0 Å². The van der Waals surface area contributed by atoms with Crippen LogP contribution in [0.5, 0.6) is 17.2 Å². The van der Waals surface area contributed by atoms with Crippen molar-refractivity contribution in [2.45, 2.75) is 27.5 Å². The van der Waals surface area contributed by atoms with Crippen molar-refractivity contribution in [2.75, 3.05) is 32.8 Å². The monoisotopic (exact) mass is 517 g/mol. The summed E-state index contributed by atoms with van der Waals surface area (Å²) in [5.41, 5.74) is 0.547. The molecule has 0 aliphatic heterocycles. The quantitative estimate of drug-likeness (QED) is 0.377. The number of benzene rings is 1. The maximum Gasteiger partial charge on any atom is 0.348 e. The van der Waals surface area contributed by atoms with Crippen molar-refractivity contribution < 1.29 is 38.1 Å². The molecular weight excluding hydrogens is 490 g/mol. The average Bonchev–Trinajstić information content (AvgIpc) is 3.47. The van der Waals surface area contributed by atoms with Gasteiger partial charge in [0, 0.05) is 6.20 Å². The second-order valence-electron chi connectivity index (χ2n) is 7.16. The maximum atomic E-state index is 12.9. The minimum absolute atomic E-state index is 0.0246. The molecule has 0 atom stereocenters. The molecule has 0 saturated heterocycles. The first kappa shape index (κ1) is 26.5. The number of thiophene rings is 1. The molecule has 2 heterocycles. The Morgan fingerprint density at radius 3 is 2.25 bits per heavy atom. The molecule has 192 valence electrons. The molecule has 1 amide bonds. The lowest BCUT2D eigenvalue weighted by molar-refractivity contribution is 0.0527. The molecule has 1 N–H and O–H groups in total. The van der Waals surface area contributed by atoms with Gasteiger partial charge in [-0.25, -0.2) is 14.3 Å². The van der Waals surface area contributed by atoms with E-state index in [0.717, 1.165) is 11.3 Å². The summed E-state index contributed by atoms with van der Waals surface area (Å²) >= 11 is 0.940. The molecule has 0 aliphatic carbocycles. The lowest BCUT2D eigenvalue weighted by Gasteiger charge is -2.13. The summed E-state index contributed by atoms with van der Waals surface area (Å²) in [6.07, 6.45) is 1.56. The van der Waals surface area contributed by atoms with E-state index in [-0.39, 0.29) is 41.1 Å². The van der Waals surface area contributed by atoms with Gasteiger partial charge in [-0.15, -0.1) is 11.3 Å². The number of aromatic nitrogens is 2. The third kappa shape index (κ3) is 5.77. The summed E-state index contributed by atoms with van der Waals surface area (Å²) < 4.78 is 28.0. The number of rotatable bonds is 11. The zero-order valence-corrected chi connectivity index (χ0v) is 21.4. The predicted molar refractivity (Wildman–Crippen MR) is 131 cm³/mol. The van der Waals surface area contributed by atoms with Gasteiger partial charge in [0.05, 0.1) is 33.0 Å². The summed E-state index contributed by atoms with van der Waals surface area (Å²) in [5, 5.41) is 7.06. The highest BCUT2D eigenvalue weighted by Crippen LogP contribution is 2.37. The van der Waals surface area contributed by atoms with Crippen LogP contribution >= 0.6 is 11.3 Å². The van der Waals surface area contributed by atoms with Crippen LogP contribution < -0.4 is 19.5 Å². The van der Waals surface area contributed by atoms with E-state index < -0.39 is 17.8 Å². The highest BCUT2D eigenvalue weighted by molar-refractivity contribution is 7.18. The van der Waals surface area contributed by atoms with Crippen LogP contribution in [0.25, 0.3) is 0 Å². The standard InChI is InChI=1S/C24H27N3O8S/c1-6-33-23(29)18-14(3)20(24(30)34-7-2)36-22(18)25-21(28)15-11-12-27(26-15)13-35-19-16(31-4)9-8-10-17(19)32-5/h8-12H,6-7,13H2,1-5H3,(H,25,28). The Labute approximate surface area is 211 Å². The number of hydrogen-bond donors (Lipinski definition) is 1. The van der Waals surface area contributed by atoms with E-state index in [1.54, 1.807) is 45.2 Å². The van der Waals surface area contributed by atoms with Crippen molar-refractivity contribution in [3.05, 3.63) is 52.2 Å². The number of anilines is 1. The zero-order valence-electron chi connectivity index (χ0n) is 20.6. The molecule has 3 rings (SSSR count). The van der Waals surface area contributed by atoms with Gasteiger partial charge in [0.2, 0.25) is 5.75 Å². The third-order valence-electron chi connectivity index (χ3n) is 4.91. The smallest absolute Gasteiger partial charge is 0.348 e. The molecule has 36 heavy (non-hydrogen) atoms. The number of hydrogen-bond acceptors (Lipinski definition) is 10. The molecular formula is C24H27N3O8S. The van der Waals surface area contributed by atoms with Crippen molar-refractivity contribution >= 4 is 34.2 Å². The molecule has 0 saturated carbocycles. The highest BCUT2D eigenvalue weighted by atomic mass is 32.1. The van der Waals surface area contributed by atoms with Crippen LogP contribution in [0.1, 0.15) is 49.9 Å². The number of carbonyl (C=O) groups excluding carboxylic acids is 3. The molecule has 0 bridgehead atoms. The van der Waals surface area contributed by atoms with Crippen molar-refractivity contribution in [3.8, 4) is 17.2 Å². The van der Waals surface area contributed by atoms with E-state index in [0.29, 0.717) is 22.8 Å². The Morgan fingerprint density at radius 1 is 1.00 bits per heavy atom. The SMILES string of the molecule is CCOC(=O)c1sc(NC(=O)c2ccn(COc3c(OC)cccc3OC)n2)c(C(=O)OCC)c1C. The highest BCUT2D eigenvalue weighted by Gasteiger charge is 2.28. The Kier molecular flexibility index (Phi) is 8.90. The number of methoxy groups -OCH3 is 2. The number of amides is 1. The number of carbonyl (C=O) groups is 3. The Balaban J connectivity index is 1.79. The summed E-state index contributed by atoms with van der Waals surface area (Å²) in [6, 6.07) is 6.73. The van der Waals surface area contributed by atoms with E-state index in [1.807, 2.05) is 0 Å². The van der Waals surface area contributed by atoms with E-state index in [4.69, 9.17) is 23.7 Å². The predicted octanol–water partition coefficient (Wildman–Crippen LogP) is 3.91. The summed E-state index contributed by atoms with van der Waals surface area (Å²) in [7, 11) is 3.03. The van der Waals surface area contributed by atoms with Crippen LogP contribution in [0.2, 0.25) is 0 Å². The van der Waals surface area contributed by atoms with Crippen molar-refractivity contribution in [1.29, 1.82) is 0 Å². The van der Waals surface area contributed by atoms with Gasteiger partial charge in [-0.2, -0.15) is 5.10 Å². The summed E-state index contributed by atoms with van der Waals surface area (Å²) in [5.74, 6) is -0.455. The van der Waals surface area contributed by atoms with Gasteiger partial charge in [0.25, 0.3) is 5.91 Å². The summed E-state index contributed by atoms with van der Waals surface area (Å²) in [4.78, 5) is 38.0. The normalized spacial score (nSPS) is 10.5. The van der Waals surface area contributed by atoms with E-state index >= 15 is 0 Å². The Morgan fingerprint density at radius 2 is 1.64 bits per heavy atom. The minimum atomic E-state index is -0.651. The minimum Gasteiger partial charge on any atom is -0.493 e. The first-order valence-electron chi connectivity index (χ1n) is 11.0. The van der Waals surface area contributed by atoms with Gasteiger partial charge < -0.3 is 29.0 Å². The topological polar surface area (TPSA) is 127 Å². The molecule has 0 fully saturated rings.